The van der Waals surface area contributed by atoms with E-state index >= 15 is 0 Å². The summed E-state index contributed by atoms with van der Waals surface area (Å²) in [4.78, 5) is 12.9. The molecule has 1 aromatic carbocycles. The number of carboxylic acid groups (broad SMARTS) is 1. The summed E-state index contributed by atoms with van der Waals surface area (Å²) < 4.78 is 0. The van der Waals surface area contributed by atoms with Gasteiger partial charge in [-0.3, -0.25) is 4.90 Å². The number of rotatable bonds is 2. The third-order valence-electron chi connectivity index (χ3n) is 3.37. The fourth-order valence-corrected chi connectivity index (χ4v) is 2.55. The molecular formula is C15H18N2O2. The van der Waals surface area contributed by atoms with Crippen molar-refractivity contribution in [2.45, 2.75) is 18.9 Å². The summed E-state index contributed by atoms with van der Waals surface area (Å²) in [7, 11) is 0. The molecule has 4 heteroatoms. The van der Waals surface area contributed by atoms with Crippen LogP contribution in [0.15, 0.2) is 30.3 Å². The van der Waals surface area contributed by atoms with Gasteiger partial charge in [-0.15, -0.1) is 5.92 Å². The predicted molar refractivity (Wildman–Crippen MR) is 73.9 cm³/mol. The van der Waals surface area contributed by atoms with Crippen molar-refractivity contribution in [2.24, 2.45) is 0 Å². The van der Waals surface area contributed by atoms with Crippen molar-refractivity contribution in [3.05, 3.63) is 35.9 Å². The maximum absolute atomic E-state index is 11.5. The van der Waals surface area contributed by atoms with E-state index in [2.05, 4.69) is 17.2 Å². The molecule has 1 aromatic rings. The first kappa shape index (κ1) is 13.4. The monoisotopic (exact) mass is 258 g/mol. The Balaban J connectivity index is 2.34. The molecule has 4 nitrogen and oxygen atoms in total. The Kier molecular flexibility index (Phi) is 4.08. The lowest BCUT2D eigenvalue weighted by atomic mass is 9.88. The number of nitrogens with zero attached hydrogens (tertiary/aromatic N) is 1. The molecule has 1 aliphatic rings. The third-order valence-corrected chi connectivity index (χ3v) is 3.37. The highest BCUT2D eigenvalue weighted by Gasteiger charge is 2.40. The quantitative estimate of drug-likeness (QED) is 0.792. The van der Waals surface area contributed by atoms with Crippen molar-refractivity contribution in [1.82, 2.24) is 10.2 Å². The van der Waals surface area contributed by atoms with E-state index in [1.807, 2.05) is 30.3 Å². The standard InChI is InChI=1S/C15H18N2O2/c1-2-8-15(11-13-6-4-3-5-7-13)12-16-9-10-17(15)14(18)19/h3-7,16H,9-12H2,1H3,(H,18,19). The van der Waals surface area contributed by atoms with Crippen molar-refractivity contribution in [3.63, 3.8) is 0 Å². The predicted octanol–water partition coefficient (Wildman–Crippen LogP) is 1.57. The molecule has 100 valence electrons. The van der Waals surface area contributed by atoms with Gasteiger partial charge in [-0.05, 0) is 12.5 Å². The number of benzene rings is 1. The lowest BCUT2D eigenvalue weighted by molar-refractivity contribution is 0.0859. The topological polar surface area (TPSA) is 52.6 Å². The average molecular weight is 258 g/mol. The van der Waals surface area contributed by atoms with Gasteiger partial charge in [-0.2, -0.15) is 0 Å². The number of nitrogens with one attached hydrogen (secondary N) is 1. The molecule has 1 saturated heterocycles. The third kappa shape index (κ3) is 2.88. The van der Waals surface area contributed by atoms with Gasteiger partial charge >= 0.3 is 6.09 Å². The lowest BCUT2D eigenvalue weighted by Gasteiger charge is -2.42. The van der Waals surface area contributed by atoms with Gasteiger partial charge in [0.25, 0.3) is 0 Å². The first-order valence-electron chi connectivity index (χ1n) is 6.37. The lowest BCUT2D eigenvalue weighted by Crippen LogP contribution is -2.63. The van der Waals surface area contributed by atoms with Gasteiger partial charge in [-0.1, -0.05) is 36.3 Å². The van der Waals surface area contributed by atoms with Crippen LogP contribution < -0.4 is 5.32 Å². The van der Waals surface area contributed by atoms with Gasteiger partial charge in [0, 0.05) is 26.1 Å². The van der Waals surface area contributed by atoms with Crippen LogP contribution in [-0.2, 0) is 6.42 Å². The molecule has 0 spiro atoms. The molecule has 1 amide bonds. The van der Waals surface area contributed by atoms with Crippen LogP contribution >= 0.6 is 0 Å². The highest BCUT2D eigenvalue weighted by molar-refractivity contribution is 5.67. The average Bonchev–Trinajstić information content (AvgIpc) is 2.40. The molecule has 1 heterocycles. The normalized spacial score (nSPS) is 22.5. The van der Waals surface area contributed by atoms with Gasteiger partial charge in [0.05, 0.1) is 0 Å². The van der Waals surface area contributed by atoms with Crippen LogP contribution in [0, 0.1) is 11.8 Å². The van der Waals surface area contributed by atoms with Crippen LogP contribution in [0.25, 0.3) is 0 Å². The minimum absolute atomic E-state index is 0.469. The van der Waals surface area contributed by atoms with Crippen molar-refractivity contribution < 1.29 is 9.90 Å². The van der Waals surface area contributed by atoms with Gasteiger partial charge in [0.15, 0.2) is 0 Å². The molecule has 1 fully saturated rings. The van der Waals surface area contributed by atoms with Gasteiger partial charge in [-0.25, -0.2) is 4.79 Å². The molecule has 1 unspecified atom stereocenters. The van der Waals surface area contributed by atoms with Gasteiger partial charge in [0.1, 0.15) is 5.54 Å². The van der Waals surface area contributed by atoms with E-state index in [9.17, 15) is 9.90 Å². The first-order chi connectivity index (χ1) is 9.18. The second-order valence-electron chi connectivity index (χ2n) is 4.68. The highest BCUT2D eigenvalue weighted by Crippen LogP contribution is 2.23. The Bertz CT molecular complexity index is 504. The smallest absolute Gasteiger partial charge is 0.408 e. The van der Waals surface area contributed by atoms with Crippen LogP contribution in [0.4, 0.5) is 4.79 Å². The number of piperazine rings is 1. The van der Waals surface area contributed by atoms with Crippen LogP contribution in [0.5, 0.6) is 0 Å². The van der Waals surface area contributed by atoms with E-state index in [1.165, 1.54) is 4.90 Å². The molecule has 0 radical (unpaired) electrons. The summed E-state index contributed by atoms with van der Waals surface area (Å²) in [5, 5.41) is 12.7. The summed E-state index contributed by atoms with van der Waals surface area (Å²) in [5.74, 6) is 6.00. The van der Waals surface area contributed by atoms with Crippen molar-refractivity contribution >= 4 is 6.09 Å². The summed E-state index contributed by atoms with van der Waals surface area (Å²) in [6.07, 6.45) is -0.297. The second kappa shape index (κ2) is 5.77. The number of amides is 1. The molecule has 0 aliphatic carbocycles. The second-order valence-corrected chi connectivity index (χ2v) is 4.68. The number of hydrogen-bond donors (Lipinski definition) is 2. The van der Waals surface area contributed by atoms with Crippen LogP contribution in [0.2, 0.25) is 0 Å². The van der Waals surface area contributed by atoms with Crippen molar-refractivity contribution in [2.75, 3.05) is 19.6 Å². The van der Waals surface area contributed by atoms with E-state index < -0.39 is 11.6 Å². The van der Waals surface area contributed by atoms with Crippen molar-refractivity contribution in [3.8, 4) is 11.8 Å². The van der Waals surface area contributed by atoms with E-state index in [0.29, 0.717) is 26.1 Å². The Labute approximate surface area is 113 Å². The van der Waals surface area contributed by atoms with Crippen LogP contribution in [0.1, 0.15) is 12.5 Å². The van der Waals surface area contributed by atoms with E-state index in [-0.39, 0.29) is 0 Å². The first-order valence-corrected chi connectivity index (χ1v) is 6.37. The Morgan fingerprint density at radius 1 is 1.47 bits per heavy atom. The maximum Gasteiger partial charge on any atom is 0.408 e. The van der Waals surface area contributed by atoms with Gasteiger partial charge < -0.3 is 10.4 Å². The van der Waals surface area contributed by atoms with Crippen LogP contribution in [-0.4, -0.2) is 41.3 Å². The highest BCUT2D eigenvalue weighted by atomic mass is 16.4. The molecule has 2 N–H and O–H groups in total. The largest absolute Gasteiger partial charge is 0.465 e. The van der Waals surface area contributed by atoms with E-state index in [1.54, 1.807) is 6.92 Å². The molecular weight excluding hydrogens is 240 g/mol. The Hall–Kier alpha value is -1.99. The summed E-state index contributed by atoms with van der Waals surface area (Å²) >= 11 is 0. The molecule has 19 heavy (non-hydrogen) atoms. The van der Waals surface area contributed by atoms with E-state index in [0.717, 1.165) is 5.56 Å². The molecule has 0 saturated carbocycles. The zero-order valence-corrected chi connectivity index (χ0v) is 11.0. The SMILES string of the molecule is CC#CC1(Cc2ccccc2)CNCCN1C(=O)O. The molecule has 0 bridgehead atoms. The zero-order valence-electron chi connectivity index (χ0n) is 11.0. The van der Waals surface area contributed by atoms with Crippen LogP contribution in [0.3, 0.4) is 0 Å². The minimum atomic E-state index is -0.903. The van der Waals surface area contributed by atoms with Crippen molar-refractivity contribution in [1.29, 1.82) is 0 Å². The maximum atomic E-state index is 11.5. The molecule has 1 aliphatic heterocycles. The summed E-state index contributed by atoms with van der Waals surface area (Å²) in [5.41, 5.74) is 0.431. The molecule has 2 rings (SSSR count). The molecule has 0 aromatic heterocycles. The fraction of sp³-hybridized carbons (Fsp3) is 0.400. The van der Waals surface area contributed by atoms with E-state index in [4.69, 9.17) is 0 Å². The Morgan fingerprint density at radius 3 is 2.84 bits per heavy atom. The van der Waals surface area contributed by atoms with Gasteiger partial charge in [0.2, 0.25) is 0 Å². The minimum Gasteiger partial charge on any atom is -0.465 e. The zero-order chi connectivity index (χ0) is 13.7. The fourth-order valence-electron chi connectivity index (χ4n) is 2.55. The molecule has 1 atom stereocenters. The Morgan fingerprint density at radius 2 is 2.21 bits per heavy atom. The summed E-state index contributed by atoms with van der Waals surface area (Å²) in [6, 6.07) is 9.89. The number of hydrogen-bond acceptors (Lipinski definition) is 2. The summed E-state index contributed by atoms with van der Waals surface area (Å²) in [6.45, 7) is 3.46. The number of carbonyl (C=O) groups is 1.